The first-order valence-corrected chi connectivity index (χ1v) is 9.31. The average molecular weight is 361 g/mol. The smallest absolute Gasteiger partial charge is 0.243 e. The van der Waals surface area contributed by atoms with E-state index in [1.165, 1.54) is 31.3 Å². The maximum absolute atomic E-state index is 12.3. The van der Waals surface area contributed by atoms with Gasteiger partial charge in [0.1, 0.15) is 0 Å². The van der Waals surface area contributed by atoms with Crippen molar-refractivity contribution in [2.24, 2.45) is 0 Å². The van der Waals surface area contributed by atoms with Crippen molar-refractivity contribution in [3.8, 4) is 0 Å². The van der Waals surface area contributed by atoms with Gasteiger partial charge in [-0.25, -0.2) is 8.42 Å². The van der Waals surface area contributed by atoms with Crippen LogP contribution in [0.4, 0.5) is 0 Å². The molecule has 23 heavy (non-hydrogen) atoms. The van der Waals surface area contributed by atoms with Gasteiger partial charge in [0.05, 0.1) is 17.5 Å². The molecule has 0 aliphatic carbocycles. The first-order valence-electron chi connectivity index (χ1n) is 7.50. The van der Waals surface area contributed by atoms with Crippen molar-refractivity contribution < 1.29 is 17.9 Å². The molecule has 1 aromatic carbocycles. The van der Waals surface area contributed by atoms with Crippen LogP contribution in [0.15, 0.2) is 29.2 Å². The highest BCUT2D eigenvalue weighted by Crippen LogP contribution is 2.17. The van der Waals surface area contributed by atoms with E-state index in [1.807, 2.05) is 0 Å². The van der Waals surface area contributed by atoms with E-state index in [4.69, 9.17) is 16.3 Å². The summed E-state index contributed by atoms with van der Waals surface area (Å²) in [7, 11) is -2.32. The number of hydrogen-bond acceptors (Lipinski definition) is 4. The molecule has 0 saturated carbocycles. The first kappa shape index (κ1) is 18.2. The predicted octanol–water partition coefficient (Wildman–Crippen LogP) is 1.65. The molecule has 1 unspecified atom stereocenters. The van der Waals surface area contributed by atoms with E-state index in [-0.39, 0.29) is 23.5 Å². The third-order valence-corrected chi connectivity index (χ3v) is 5.77. The van der Waals surface area contributed by atoms with Crippen molar-refractivity contribution >= 4 is 27.5 Å². The second kappa shape index (κ2) is 8.10. The van der Waals surface area contributed by atoms with Crippen molar-refractivity contribution in [2.45, 2.75) is 30.3 Å². The lowest BCUT2D eigenvalue weighted by atomic mass is 10.2. The standard InChI is InChI=1S/C15H21ClN2O4S/c1-18(23(20,21)14-6-4-12(16)5-7-14)11-15(19)17-9-8-13-3-2-10-22-13/h4-7,13H,2-3,8-11H2,1H3,(H,17,19). The zero-order valence-electron chi connectivity index (χ0n) is 13.0. The van der Waals surface area contributed by atoms with Gasteiger partial charge in [-0.05, 0) is 43.5 Å². The largest absolute Gasteiger partial charge is 0.378 e. The third-order valence-electron chi connectivity index (χ3n) is 3.70. The van der Waals surface area contributed by atoms with Crippen LogP contribution in [-0.2, 0) is 19.6 Å². The quantitative estimate of drug-likeness (QED) is 0.802. The van der Waals surface area contributed by atoms with E-state index in [9.17, 15) is 13.2 Å². The molecular formula is C15H21ClN2O4S. The molecule has 1 aliphatic heterocycles. The molecule has 1 heterocycles. The lowest BCUT2D eigenvalue weighted by Gasteiger charge is -2.17. The molecule has 1 aromatic rings. The van der Waals surface area contributed by atoms with Crippen LogP contribution in [0.5, 0.6) is 0 Å². The number of amides is 1. The Morgan fingerprint density at radius 3 is 2.70 bits per heavy atom. The Kier molecular flexibility index (Phi) is 6.41. The molecule has 1 aliphatic rings. The second-order valence-electron chi connectivity index (χ2n) is 5.49. The van der Waals surface area contributed by atoms with Gasteiger partial charge in [-0.2, -0.15) is 4.31 Å². The Balaban J connectivity index is 1.83. The van der Waals surface area contributed by atoms with E-state index in [2.05, 4.69) is 5.32 Å². The Morgan fingerprint density at radius 1 is 1.39 bits per heavy atom. The predicted molar refractivity (Wildman–Crippen MR) is 87.9 cm³/mol. The minimum Gasteiger partial charge on any atom is -0.378 e. The maximum atomic E-state index is 12.3. The summed E-state index contributed by atoms with van der Waals surface area (Å²) in [6, 6.07) is 5.85. The Bertz CT molecular complexity index is 627. The van der Waals surface area contributed by atoms with Gasteiger partial charge in [0.2, 0.25) is 15.9 Å². The molecule has 1 amide bonds. The van der Waals surface area contributed by atoms with E-state index in [0.29, 0.717) is 11.6 Å². The molecule has 1 N–H and O–H groups in total. The van der Waals surface area contributed by atoms with E-state index < -0.39 is 10.0 Å². The van der Waals surface area contributed by atoms with Gasteiger partial charge in [-0.15, -0.1) is 0 Å². The molecule has 0 bridgehead atoms. The van der Waals surface area contributed by atoms with Gasteiger partial charge < -0.3 is 10.1 Å². The fourth-order valence-corrected chi connectivity index (χ4v) is 3.63. The van der Waals surface area contributed by atoms with E-state index in [1.54, 1.807) is 0 Å². The van der Waals surface area contributed by atoms with Crippen LogP contribution >= 0.6 is 11.6 Å². The average Bonchev–Trinajstić information content (AvgIpc) is 3.01. The minimum absolute atomic E-state index is 0.108. The van der Waals surface area contributed by atoms with Gasteiger partial charge in [0.25, 0.3) is 0 Å². The summed E-state index contributed by atoms with van der Waals surface area (Å²) in [5, 5.41) is 3.18. The number of rotatable bonds is 7. The molecule has 1 fully saturated rings. The van der Waals surface area contributed by atoms with Gasteiger partial charge in [0, 0.05) is 25.2 Å². The maximum Gasteiger partial charge on any atom is 0.243 e. The summed E-state index contributed by atoms with van der Waals surface area (Å²) >= 11 is 5.75. The number of nitrogens with zero attached hydrogens (tertiary/aromatic N) is 1. The molecule has 0 radical (unpaired) electrons. The molecule has 128 valence electrons. The highest BCUT2D eigenvalue weighted by Gasteiger charge is 2.23. The number of nitrogens with one attached hydrogen (secondary N) is 1. The monoisotopic (exact) mass is 360 g/mol. The van der Waals surface area contributed by atoms with Crippen LogP contribution in [0.3, 0.4) is 0 Å². The van der Waals surface area contributed by atoms with Crippen molar-refractivity contribution in [1.29, 1.82) is 0 Å². The molecule has 0 spiro atoms. The lowest BCUT2D eigenvalue weighted by Crippen LogP contribution is -2.39. The van der Waals surface area contributed by atoms with Gasteiger partial charge in [-0.1, -0.05) is 11.6 Å². The van der Waals surface area contributed by atoms with Crippen molar-refractivity contribution in [1.82, 2.24) is 9.62 Å². The molecule has 2 rings (SSSR count). The molecular weight excluding hydrogens is 340 g/mol. The van der Waals surface area contributed by atoms with Gasteiger partial charge in [-0.3, -0.25) is 4.79 Å². The summed E-state index contributed by atoms with van der Waals surface area (Å²) < 4.78 is 31.2. The molecule has 1 atom stereocenters. The molecule has 6 nitrogen and oxygen atoms in total. The fourth-order valence-electron chi connectivity index (χ4n) is 2.37. The van der Waals surface area contributed by atoms with Crippen molar-refractivity contribution in [2.75, 3.05) is 26.7 Å². The number of halogens is 1. The number of hydrogen-bond donors (Lipinski definition) is 1. The zero-order chi connectivity index (χ0) is 16.9. The fraction of sp³-hybridized carbons (Fsp3) is 0.533. The van der Waals surface area contributed by atoms with Crippen LogP contribution in [0.25, 0.3) is 0 Å². The van der Waals surface area contributed by atoms with Crippen LogP contribution in [0, 0.1) is 0 Å². The van der Waals surface area contributed by atoms with Gasteiger partial charge >= 0.3 is 0 Å². The molecule has 1 saturated heterocycles. The van der Waals surface area contributed by atoms with Crippen LogP contribution in [0.2, 0.25) is 5.02 Å². The number of ether oxygens (including phenoxy) is 1. The summed E-state index contributed by atoms with van der Waals surface area (Å²) in [6.45, 7) is 1.04. The number of likely N-dealkylation sites (N-methyl/N-ethyl adjacent to an activating group) is 1. The second-order valence-corrected chi connectivity index (χ2v) is 7.97. The number of carbonyl (C=O) groups excluding carboxylic acids is 1. The molecule has 8 heteroatoms. The van der Waals surface area contributed by atoms with Crippen LogP contribution < -0.4 is 5.32 Å². The third kappa shape index (κ3) is 5.17. The molecule has 0 aromatic heterocycles. The summed E-state index contributed by atoms with van der Waals surface area (Å²) in [5.41, 5.74) is 0. The Morgan fingerprint density at radius 2 is 2.09 bits per heavy atom. The first-order chi connectivity index (χ1) is 10.9. The summed E-state index contributed by atoms with van der Waals surface area (Å²) in [4.78, 5) is 12.0. The topological polar surface area (TPSA) is 75.7 Å². The van der Waals surface area contributed by atoms with E-state index in [0.717, 1.165) is 30.2 Å². The lowest BCUT2D eigenvalue weighted by molar-refractivity contribution is -0.121. The minimum atomic E-state index is -3.70. The number of benzene rings is 1. The van der Waals surface area contributed by atoms with Crippen molar-refractivity contribution in [3.05, 3.63) is 29.3 Å². The normalized spacial score (nSPS) is 18.3. The SMILES string of the molecule is CN(CC(=O)NCCC1CCCO1)S(=O)(=O)c1ccc(Cl)cc1. The van der Waals surface area contributed by atoms with Crippen LogP contribution in [-0.4, -0.2) is 51.5 Å². The highest BCUT2D eigenvalue weighted by molar-refractivity contribution is 7.89. The van der Waals surface area contributed by atoms with Gasteiger partial charge in [0.15, 0.2) is 0 Å². The number of sulfonamides is 1. The number of carbonyl (C=O) groups is 1. The highest BCUT2D eigenvalue weighted by atomic mass is 35.5. The van der Waals surface area contributed by atoms with Crippen LogP contribution in [0.1, 0.15) is 19.3 Å². The summed E-state index contributed by atoms with van der Waals surface area (Å²) in [5.74, 6) is -0.331. The van der Waals surface area contributed by atoms with Crippen molar-refractivity contribution in [3.63, 3.8) is 0 Å². The Labute approximate surface area is 141 Å². The summed E-state index contributed by atoms with van der Waals surface area (Å²) in [6.07, 6.45) is 3.02. The van der Waals surface area contributed by atoms with E-state index >= 15 is 0 Å². The Hall–Kier alpha value is -1.15. The zero-order valence-corrected chi connectivity index (χ0v) is 14.6.